The van der Waals surface area contributed by atoms with Gasteiger partial charge >= 0.3 is 0 Å². The van der Waals surface area contributed by atoms with E-state index in [2.05, 4.69) is 5.32 Å². The predicted octanol–water partition coefficient (Wildman–Crippen LogP) is 4.57. The smallest absolute Gasteiger partial charge is 0.240 e. The third kappa shape index (κ3) is 5.08. The Balaban J connectivity index is 1.64. The molecule has 1 aliphatic carbocycles. The molecule has 3 N–H and O–H groups in total. The molecule has 2 heterocycles. The molecule has 4 atom stereocenters. The molecular formula is C33H35ClN2O9. The van der Waals surface area contributed by atoms with Crippen LogP contribution in [0.3, 0.4) is 0 Å². The van der Waals surface area contributed by atoms with E-state index in [9.17, 15) is 19.2 Å². The number of carbonyl (C=O) groups is 4. The van der Waals surface area contributed by atoms with Gasteiger partial charge in [-0.1, -0.05) is 38.8 Å². The van der Waals surface area contributed by atoms with Gasteiger partial charge in [0.2, 0.25) is 29.0 Å². The molecule has 3 aromatic rings. The molecule has 1 spiro atoms. The maximum absolute atomic E-state index is 14.7. The Morgan fingerprint density at radius 2 is 1.71 bits per heavy atom. The van der Waals surface area contributed by atoms with Crippen LogP contribution < -0.4 is 30.0 Å². The summed E-state index contributed by atoms with van der Waals surface area (Å²) < 4.78 is 28.7. The van der Waals surface area contributed by atoms with Crippen LogP contribution in [-0.4, -0.2) is 56.4 Å². The molecule has 2 aliphatic rings. The molecule has 5 rings (SSSR count). The number of hydrogen-bond donors (Lipinski definition) is 2. The molecule has 0 saturated heterocycles. The number of nitrogens with one attached hydrogen (secondary N) is 1. The number of amides is 2. The van der Waals surface area contributed by atoms with Gasteiger partial charge in [-0.2, -0.15) is 0 Å². The number of nitrogens with two attached hydrogens (primary N) is 1. The lowest BCUT2D eigenvalue weighted by atomic mass is 9.70. The summed E-state index contributed by atoms with van der Waals surface area (Å²) in [7, 11) is 4.34. The minimum Gasteiger partial charge on any atom is -0.497 e. The second-order valence-corrected chi connectivity index (χ2v) is 11.7. The van der Waals surface area contributed by atoms with E-state index in [0.717, 1.165) is 0 Å². The Morgan fingerprint density at radius 3 is 2.29 bits per heavy atom. The highest BCUT2D eigenvalue weighted by molar-refractivity contribution is 6.36. The van der Waals surface area contributed by atoms with Gasteiger partial charge in [0.15, 0.2) is 5.75 Å². The van der Waals surface area contributed by atoms with Crippen molar-refractivity contribution in [1.82, 2.24) is 5.32 Å². The second kappa shape index (κ2) is 12.1. The highest BCUT2D eigenvalue weighted by Gasteiger charge is 2.63. The summed E-state index contributed by atoms with van der Waals surface area (Å²) in [6, 6.07) is 7.47. The minimum absolute atomic E-state index is 0.0162. The molecule has 1 aromatic heterocycles. The van der Waals surface area contributed by atoms with Gasteiger partial charge in [0.05, 0.1) is 33.3 Å². The van der Waals surface area contributed by atoms with E-state index >= 15 is 0 Å². The van der Waals surface area contributed by atoms with Gasteiger partial charge in [-0.3, -0.25) is 19.2 Å². The van der Waals surface area contributed by atoms with E-state index in [1.807, 2.05) is 13.8 Å². The molecule has 0 bridgehead atoms. The number of fused-ring (bicyclic) bond motifs is 2. The average Bonchev–Trinajstić information content (AvgIpc) is 3.54. The van der Waals surface area contributed by atoms with Crippen LogP contribution in [0.5, 0.6) is 23.0 Å². The number of halogens is 1. The van der Waals surface area contributed by atoms with Crippen LogP contribution >= 0.6 is 11.6 Å². The molecule has 45 heavy (non-hydrogen) atoms. The molecule has 12 heteroatoms. The van der Waals surface area contributed by atoms with Gasteiger partial charge in [-0.25, -0.2) is 0 Å². The first-order chi connectivity index (χ1) is 21.4. The van der Waals surface area contributed by atoms with Gasteiger partial charge in [0.1, 0.15) is 45.4 Å². The summed E-state index contributed by atoms with van der Waals surface area (Å²) in [4.78, 5) is 54.6. The second-order valence-electron chi connectivity index (χ2n) is 11.3. The molecule has 11 nitrogen and oxygen atoms in total. The van der Waals surface area contributed by atoms with Crippen molar-refractivity contribution in [3.63, 3.8) is 0 Å². The van der Waals surface area contributed by atoms with Crippen LogP contribution in [0.25, 0.3) is 11.3 Å². The third-order valence-electron chi connectivity index (χ3n) is 8.77. The van der Waals surface area contributed by atoms with Gasteiger partial charge in [0, 0.05) is 29.5 Å². The summed E-state index contributed by atoms with van der Waals surface area (Å²) in [5.74, 6) is -1.90. The number of rotatable bonds is 10. The molecule has 0 fully saturated rings. The first-order valence-electron chi connectivity index (χ1n) is 14.5. The Kier molecular flexibility index (Phi) is 8.59. The average molecular weight is 639 g/mol. The zero-order valence-corrected chi connectivity index (χ0v) is 26.6. The molecule has 238 valence electrons. The summed E-state index contributed by atoms with van der Waals surface area (Å²) in [6.07, 6.45) is 0.400. The van der Waals surface area contributed by atoms with E-state index in [0.29, 0.717) is 23.5 Å². The zero-order valence-electron chi connectivity index (χ0n) is 25.9. The van der Waals surface area contributed by atoms with Crippen molar-refractivity contribution in [2.75, 3.05) is 21.3 Å². The number of benzene rings is 2. The van der Waals surface area contributed by atoms with E-state index < -0.39 is 40.9 Å². The molecule has 0 saturated carbocycles. The summed E-state index contributed by atoms with van der Waals surface area (Å²) >= 11 is 6.58. The monoisotopic (exact) mass is 638 g/mol. The molecule has 1 aliphatic heterocycles. The fourth-order valence-electron chi connectivity index (χ4n) is 6.09. The first kappa shape index (κ1) is 31.9. The number of Topliss-reactive ketones (excluding diaryl/α,β-unsaturated/α-hetero) is 2. The van der Waals surface area contributed by atoms with Gasteiger partial charge in [-0.05, 0) is 30.2 Å². The summed E-state index contributed by atoms with van der Waals surface area (Å²) in [5.41, 5.74) is 4.52. The normalized spacial score (nSPS) is 19.8. The van der Waals surface area contributed by atoms with Gasteiger partial charge in [-0.15, -0.1) is 0 Å². The van der Waals surface area contributed by atoms with Crippen molar-refractivity contribution in [3.8, 4) is 34.3 Å². The van der Waals surface area contributed by atoms with Crippen molar-refractivity contribution in [2.45, 2.75) is 51.7 Å². The number of ketones is 2. The maximum Gasteiger partial charge on any atom is 0.240 e. The van der Waals surface area contributed by atoms with E-state index in [4.69, 9.17) is 40.7 Å². The van der Waals surface area contributed by atoms with Crippen LogP contribution in [0, 0.1) is 11.8 Å². The molecule has 2 aromatic carbocycles. The van der Waals surface area contributed by atoms with Crippen LogP contribution in [0.15, 0.2) is 34.7 Å². The molecule has 0 radical (unpaired) electrons. The van der Waals surface area contributed by atoms with Crippen molar-refractivity contribution in [1.29, 1.82) is 0 Å². The van der Waals surface area contributed by atoms with Crippen LogP contribution in [0.2, 0.25) is 5.02 Å². The molecular weight excluding hydrogens is 604 g/mol. The lowest BCUT2D eigenvalue weighted by molar-refractivity contribution is -0.128. The quantitative estimate of drug-likeness (QED) is 0.304. The number of primary amides is 1. The molecule has 2 amide bonds. The first-order valence-corrected chi connectivity index (χ1v) is 14.9. The summed E-state index contributed by atoms with van der Waals surface area (Å²) in [6.45, 7) is 5.41. The van der Waals surface area contributed by atoms with Crippen molar-refractivity contribution >= 4 is 35.0 Å². The minimum atomic E-state index is -2.00. The Labute approximate surface area is 265 Å². The molecule has 4 unspecified atom stereocenters. The largest absolute Gasteiger partial charge is 0.497 e. The van der Waals surface area contributed by atoms with Crippen molar-refractivity contribution in [3.05, 3.63) is 57.8 Å². The van der Waals surface area contributed by atoms with E-state index in [1.54, 1.807) is 31.2 Å². The van der Waals surface area contributed by atoms with Crippen molar-refractivity contribution in [2.24, 2.45) is 17.6 Å². The number of carbonyl (C=O) groups excluding carboxylic acids is 4. The number of furan rings is 1. The standard InChI is InChI=1S/C33H35ClN2O9/c1-7-15(2)27(32(35)40)36-23(37)13-19-24-21(44-28(19)17-8-10-18(41-4)11-9-17)12-16(3)33(30(24)38)31(39)25-20(42-5)14-22(43-6)26(34)29(25)45-33/h8-11,14-16,27H,7,12-13H2,1-6H3,(H2,35,40)(H,36,37). The van der Waals surface area contributed by atoms with Crippen LogP contribution in [0.1, 0.15) is 59.2 Å². The number of ether oxygens (including phenoxy) is 4. The van der Waals surface area contributed by atoms with Gasteiger partial charge in [0.25, 0.3) is 0 Å². The van der Waals surface area contributed by atoms with Gasteiger partial charge < -0.3 is 34.4 Å². The van der Waals surface area contributed by atoms with E-state index in [1.165, 1.54) is 27.4 Å². The zero-order chi connectivity index (χ0) is 32.8. The lowest BCUT2D eigenvalue weighted by Crippen LogP contribution is -2.56. The predicted molar refractivity (Wildman–Crippen MR) is 164 cm³/mol. The lowest BCUT2D eigenvalue weighted by Gasteiger charge is -2.35. The van der Waals surface area contributed by atoms with Crippen LogP contribution in [0.4, 0.5) is 0 Å². The Hall–Kier alpha value is -4.51. The Bertz CT molecular complexity index is 1700. The SMILES string of the molecule is CCC(C)C(NC(=O)Cc1c(-c2ccc(OC)cc2)oc2c1C(=O)C1(Oc3c(Cl)c(OC)cc(OC)c3C1=O)C(C)C2)C(N)=O. The fourth-order valence-corrected chi connectivity index (χ4v) is 6.36. The topological polar surface area (TPSA) is 156 Å². The summed E-state index contributed by atoms with van der Waals surface area (Å²) in [5, 5.41) is 2.74. The van der Waals surface area contributed by atoms with Crippen molar-refractivity contribution < 1.29 is 42.5 Å². The van der Waals surface area contributed by atoms with Crippen LogP contribution in [-0.2, 0) is 22.4 Å². The Morgan fingerprint density at radius 1 is 1.07 bits per heavy atom. The highest BCUT2D eigenvalue weighted by Crippen LogP contribution is 2.54. The highest BCUT2D eigenvalue weighted by atomic mass is 35.5. The van der Waals surface area contributed by atoms with E-state index in [-0.39, 0.29) is 63.5 Å². The number of methoxy groups -OCH3 is 3. The maximum atomic E-state index is 14.7. The fraction of sp³-hybridized carbons (Fsp3) is 0.394. The number of hydrogen-bond acceptors (Lipinski definition) is 9. The third-order valence-corrected chi connectivity index (χ3v) is 9.13.